The number of thiophene rings is 1. The summed E-state index contributed by atoms with van der Waals surface area (Å²) in [6, 6.07) is 6.46. The molecule has 32 heavy (non-hydrogen) atoms. The van der Waals surface area contributed by atoms with E-state index in [1.807, 2.05) is 0 Å². The molecule has 170 valence electrons. The summed E-state index contributed by atoms with van der Waals surface area (Å²) < 4.78 is 82.2. The number of amides is 1. The molecule has 0 aliphatic carbocycles. The number of hydrogen-bond donors (Lipinski definition) is 2. The first-order valence-electron chi connectivity index (χ1n) is 9.13. The number of fused-ring (bicyclic) bond motifs is 1. The maximum Gasteiger partial charge on any atom is 0.573 e. The third-order valence-electron chi connectivity index (χ3n) is 4.65. The Morgan fingerprint density at radius 1 is 1.16 bits per heavy atom. The van der Waals surface area contributed by atoms with Crippen molar-refractivity contribution in [2.24, 2.45) is 0 Å². The van der Waals surface area contributed by atoms with E-state index in [4.69, 9.17) is 0 Å². The van der Waals surface area contributed by atoms with E-state index >= 15 is 0 Å². The van der Waals surface area contributed by atoms with E-state index in [-0.39, 0.29) is 23.6 Å². The third-order valence-corrected chi connectivity index (χ3v) is 5.64. The SMILES string of the molecule is O=C(Nc1ccc(OC(F)(F)F)cc1)c1cc2n(n1)[C@@H](C(F)(F)F)C[C@@H](c1cccs1)N2. The van der Waals surface area contributed by atoms with Crippen LogP contribution in [0.15, 0.2) is 47.8 Å². The van der Waals surface area contributed by atoms with Gasteiger partial charge in [0, 0.05) is 23.1 Å². The normalized spacial score (nSPS) is 18.6. The summed E-state index contributed by atoms with van der Waals surface area (Å²) in [4.78, 5) is 13.2. The molecule has 0 bridgehead atoms. The van der Waals surface area contributed by atoms with Gasteiger partial charge in [0.05, 0.1) is 6.04 Å². The van der Waals surface area contributed by atoms with Crippen LogP contribution in [0.5, 0.6) is 5.75 Å². The average Bonchev–Trinajstić information content (AvgIpc) is 3.36. The lowest BCUT2D eigenvalue weighted by Gasteiger charge is -2.32. The van der Waals surface area contributed by atoms with Crippen LogP contribution in [0.4, 0.5) is 37.8 Å². The second-order valence-electron chi connectivity index (χ2n) is 6.89. The highest BCUT2D eigenvalue weighted by Crippen LogP contribution is 2.44. The van der Waals surface area contributed by atoms with E-state index in [1.54, 1.807) is 17.5 Å². The van der Waals surface area contributed by atoms with Crippen LogP contribution in [0.1, 0.15) is 33.9 Å². The molecule has 0 saturated carbocycles. The Morgan fingerprint density at radius 3 is 2.47 bits per heavy atom. The first kappa shape index (κ1) is 22.0. The van der Waals surface area contributed by atoms with E-state index in [2.05, 4.69) is 20.5 Å². The third kappa shape index (κ3) is 4.82. The molecule has 0 spiro atoms. The van der Waals surface area contributed by atoms with Crippen molar-refractivity contribution < 1.29 is 35.9 Å². The maximum absolute atomic E-state index is 13.7. The molecule has 0 saturated heterocycles. The smallest absolute Gasteiger partial charge is 0.406 e. The van der Waals surface area contributed by atoms with Crippen LogP contribution in [0, 0.1) is 0 Å². The highest BCUT2D eigenvalue weighted by atomic mass is 32.1. The van der Waals surface area contributed by atoms with Crippen molar-refractivity contribution in [1.29, 1.82) is 0 Å². The molecule has 3 aromatic rings. The fourth-order valence-electron chi connectivity index (χ4n) is 3.30. The summed E-state index contributed by atoms with van der Waals surface area (Å²) in [7, 11) is 0. The standard InChI is InChI=1S/C19H14F6N4O2S/c20-18(21,22)15-8-12(14-2-1-7-32-14)27-16-9-13(28-29(15)16)17(30)26-10-3-5-11(6-4-10)31-19(23,24)25/h1-7,9,12,15,27H,8H2,(H,26,30)/t12-,15+/m0/s1. The van der Waals surface area contributed by atoms with Gasteiger partial charge >= 0.3 is 12.5 Å². The number of anilines is 2. The molecular formula is C19H14F6N4O2S. The van der Waals surface area contributed by atoms with Gasteiger partial charge in [-0.3, -0.25) is 4.79 Å². The molecule has 1 aliphatic rings. The number of alkyl halides is 6. The first-order chi connectivity index (χ1) is 15.0. The maximum atomic E-state index is 13.7. The van der Waals surface area contributed by atoms with Gasteiger partial charge in [-0.25, -0.2) is 4.68 Å². The number of aromatic nitrogens is 2. The topological polar surface area (TPSA) is 68.2 Å². The minimum absolute atomic E-state index is 0.0380. The van der Waals surface area contributed by atoms with Crippen LogP contribution < -0.4 is 15.4 Å². The van der Waals surface area contributed by atoms with E-state index < -0.39 is 36.3 Å². The summed E-state index contributed by atoms with van der Waals surface area (Å²) in [5, 5.41) is 11.0. The Labute approximate surface area is 180 Å². The highest BCUT2D eigenvalue weighted by Gasteiger charge is 2.47. The van der Waals surface area contributed by atoms with Crippen molar-refractivity contribution in [3.05, 3.63) is 58.4 Å². The van der Waals surface area contributed by atoms with Crippen molar-refractivity contribution in [3.63, 3.8) is 0 Å². The largest absolute Gasteiger partial charge is 0.573 e. The highest BCUT2D eigenvalue weighted by molar-refractivity contribution is 7.10. The molecule has 0 unspecified atom stereocenters. The molecule has 1 aliphatic heterocycles. The Kier molecular flexibility index (Phi) is 5.53. The van der Waals surface area contributed by atoms with Crippen LogP contribution in [0.25, 0.3) is 0 Å². The molecule has 1 amide bonds. The molecule has 4 rings (SSSR count). The molecule has 0 radical (unpaired) electrons. The van der Waals surface area contributed by atoms with Crippen LogP contribution >= 0.6 is 11.3 Å². The van der Waals surface area contributed by atoms with Crippen LogP contribution in [-0.2, 0) is 0 Å². The first-order valence-corrected chi connectivity index (χ1v) is 10.0. The second kappa shape index (κ2) is 8.04. The van der Waals surface area contributed by atoms with Crippen molar-refractivity contribution in [1.82, 2.24) is 9.78 Å². The number of carbonyl (C=O) groups is 1. The molecule has 6 nitrogen and oxygen atoms in total. The number of halogens is 6. The van der Waals surface area contributed by atoms with Crippen LogP contribution in [-0.4, -0.2) is 28.2 Å². The van der Waals surface area contributed by atoms with Crippen molar-refractivity contribution in [2.75, 3.05) is 10.6 Å². The lowest BCUT2D eigenvalue weighted by atomic mass is 10.0. The molecule has 3 heterocycles. The van der Waals surface area contributed by atoms with Gasteiger partial charge in [0.15, 0.2) is 11.7 Å². The van der Waals surface area contributed by atoms with Gasteiger partial charge in [-0.05, 0) is 35.7 Å². The fourth-order valence-corrected chi connectivity index (χ4v) is 4.09. The van der Waals surface area contributed by atoms with Gasteiger partial charge in [-0.2, -0.15) is 18.3 Å². The summed E-state index contributed by atoms with van der Waals surface area (Å²) in [5.74, 6) is -1.26. The number of benzene rings is 1. The molecule has 2 atom stereocenters. The summed E-state index contributed by atoms with van der Waals surface area (Å²) in [6.07, 6.45) is -9.73. The van der Waals surface area contributed by atoms with Gasteiger partial charge < -0.3 is 15.4 Å². The Balaban J connectivity index is 1.54. The van der Waals surface area contributed by atoms with E-state index in [1.165, 1.54) is 29.5 Å². The minimum atomic E-state index is -4.86. The predicted octanol–water partition coefficient (Wildman–Crippen LogP) is 5.76. The van der Waals surface area contributed by atoms with Crippen LogP contribution in [0.3, 0.4) is 0 Å². The van der Waals surface area contributed by atoms with E-state index in [0.717, 1.165) is 21.7 Å². The van der Waals surface area contributed by atoms with Gasteiger partial charge in [0.25, 0.3) is 5.91 Å². The van der Waals surface area contributed by atoms with Crippen LogP contribution in [0.2, 0.25) is 0 Å². The van der Waals surface area contributed by atoms with Gasteiger partial charge in [-0.15, -0.1) is 24.5 Å². The lowest BCUT2D eigenvalue weighted by Crippen LogP contribution is -2.35. The second-order valence-corrected chi connectivity index (χ2v) is 7.87. The molecule has 0 fully saturated rings. The Hall–Kier alpha value is -3.22. The predicted molar refractivity (Wildman–Crippen MR) is 104 cm³/mol. The van der Waals surface area contributed by atoms with Crippen molar-refractivity contribution in [2.45, 2.75) is 31.0 Å². The summed E-state index contributed by atoms with van der Waals surface area (Å²) >= 11 is 1.32. The number of ether oxygens (including phenoxy) is 1. The van der Waals surface area contributed by atoms with Gasteiger partial charge in [-0.1, -0.05) is 6.07 Å². The van der Waals surface area contributed by atoms with Gasteiger partial charge in [0.1, 0.15) is 11.6 Å². The number of hydrogen-bond acceptors (Lipinski definition) is 5. The number of nitrogens with one attached hydrogen (secondary N) is 2. The molecule has 1 aromatic carbocycles. The molecule has 2 N–H and O–H groups in total. The molecule has 13 heteroatoms. The van der Waals surface area contributed by atoms with E-state index in [0.29, 0.717) is 0 Å². The number of carbonyl (C=O) groups excluding carboxylic acids is 1. The zero-order valence-corrected chi connectivity index (χ0v) is 16.7. The summed E-state index contributed by atoms with van der Waals surface area (Å²) in [6.45, 7) is 0. The average molecular weight is 476 g/mol. The van der Waals surface area contributed by atoms with Gasteiger partial charge in [0.2, 0.25) is 0 Å². The zero-order valence-electron chi connectivity index (χ0n) is 15.9. The quantitative estimate of drug-likeness (QED) is 0.470. The number of rotatable bonds is 4. The zero-order chi connectivity index (χ0) is 23.1. The van der Waals surface area contributed by atoms with Crippen molar-refractivity contribution >= 4 is 28.7 Å². The summed E-state index contributed by atoms with van der Waals surface area (Å²) in [5.41, 5.74) is -0.156. The fraction of sp³-hybridized carbons (Fsp3) is 0.263. The monoisotopic (exact) mass is 476 g/mol. The van der Waals surface area contributed by atoms with Crippen molar-refractivity contribution in [3.8, 4) is 5.75 Å². The molecule has 2 aromatic heterocycles. The lowest BCUT2D eigenvalue weighted by molar-refractivity contribution is -0.274. The minimum Gasteiger partial charge on any atom is -0.406 e. The van der Waals surface area contributed by atoms with E-state index in [9.17, 15) is 31.1 Å². The Bertz CT molecular complexity index is 1090. The molecular weight excluding hydrogens is 462 g/mol. The Morgan fingerprint density at radius 2 is 1.88 bits per heavy atom. The number of nitrogens with zero attached hydrogens (tertiary/aromatic N) is 2.